The van der Waals surface area contributed by atoms with Crippen LogP contribution in [0.5, 0.6) is 5.75 Å². The van der Waals surface area contributed by atoms with Crippen molar-refractivity contribution in [3.63, 3.8) is 0 Å². The molecule has 0 aliphatic rings. The molecule has 0 unspecified atom stereocenters. The summed E-state index contributed by atoms with van der Waals surface area (Å²) in [6, 6.07) is 9.58. The lowest BCUT2D eigenvalue weighted by Crippen LogP contribution is -2.18. The molecule has 2 rings (SSSR count). The molecule has 1 amide bonds. The van der Waals surface area contributed by atoms with E-state index in [-0.39, 0.29) is 5.56 Å². The molecule has 0 bridgehead atoms. The van der Waals surface area contributed by atoms with Crippen LogP contribution in [0, 0.1) is 0 Å². The van der Waals surface area contributed by atoms with Crippen LogP contribution in [0.3, 0.4) is 0 Å². The minimum Gasteiger partial charge on any atom is -0.493 e. The first-order chi connectivity index (χ1) is 13.8. The van der Waals surface area contributed by atoms with Gasteiger partial charge in [-0.05, 0) is 42.8 Å². The van der Waals surface area contributed by atoms with E-state index in [1.54, 1.807) is 12.1 Å². The van der Waals surface area contributed by atoms with Crippen molar-refractivity contribution in [1.82, 2.24) is 5.43 Å². The van der Waals surface area contributed by atoms with Crippen LogP contribution in [0.25, 0.3) is 0 Å². The fourth-order valence-corrected chi connectivity index (χ4v) is 2.90. The third-order valence-corrected chi connectivity index (χ3v) is 4.54. The van der Waals surface area contributed by atoms with Crippen LogP contribution in [0.15, 0.2) is 52.0 Å². The Labute approximate surface area is 176 Å². The van der Waals surface area contributed by atoms with Crippen LogP contribution < -0.4 is 10.2 Å². The maximum absolute atomic E-state index is 12.8. The van der Waals surface area contributed by atoms with E-state index in [1.807, 2.05) is 6.07 Å². The smallest absolute Gasteiger partial charge is 0.416 e. The Balaban J connectivity index is 2.02. The Morgan fingerprint density at radius 3 is 2.69 bits per heavy atom. The van der Waals surface area contributed by atoms with Crippen LogP contribution in [-0.2, 0) is 6.18 Å². The zero-order chi connectivity index (χ0) is 21.3. The molecule has 2 aromatic carbocycles. The summed E-state index contributed by atoms with van der Waals surface area (Å²) in [6.07, 6.45) is 1.20. The molecule has 4 nitrogen and oxygen atoms in total. The van der Waals surface area contributed by atoms with Crippen molar-refractivity contribution < 1.29 is 22.7 Å². The van der Waals surface area contributed by atoms with Crippen molar-refractivity contribution in [2.24, 2.45) is 5.10 Å². The number of ether oxygens (including phenoxy) is 1. The number of rotatable bonds is 9. The molecule has 8 heteroatoms. The molecule has 0 saturated heterocycles. The molecule has 29 heavy (non-hydrogen) atoms. The fourth-order valence-electron chi connectivity index (χ4n) is 2.52. The maximum atomic E-state index is 12.8. The van der Waals surface area contributed by atoms with Crippen LogP contribution in [-0.4, -0.2) is 18.7 Å². The number of amides is 1. The molecule has 0 fully saturated rings. The van der Waals surface area contributed by atoms with E-state index in [1.165, 1.54) is 18.3 Å². The van der Waals surface area contributed by atoms with E-state index in [2.05, 4.69) is 33.4 Å². The number of unbranched alkanes of at least 4 members (excludes halogenated alkanes) is 3. The van der Waals surface area contributed by atoms with Gasteiger partial charge in [-0.25, -0.2) is 5.43 Å². The molecule has 0 heterocycles. The molecular weight excluding hydrogens is 449 g/mol. The van der Waals surface area contributed by atoms with Gasteiger partial charge in [-0.2, -0.15) is 18.3 Å². The molecule has 0 aliphatic heterocycles. The fraction of sp³-hybridized carbons (Fsp3) is 0.333. The van der Waals surface area contributed by atoms with Crippen molar-refractivity contribution in [1.29, 1.82) is 0 Å². The quantitative estimate of drug-likeness (QED) is 0.269. The zero-order valence-electron chi connectivity index (χ0n) is 15.9. The second-order valence-electron chi connectivity index (χ2n) is 6.37. The van der Waals surface area contributed by atoms with Gasteiger partial charge in [0.05, 0.1) is 18.4 Å². The van der Waals surface area contributed by atoms with Crippen LogP contribution in [0.4, 0.5) is 13.2 Å². The topological polar surface area (TPSA) is 50.7 Å². The van der Waals surface area contributed by atoms with E-state index in [9.17, 15) is 18.0 Å². The summed E-state index contributed by atoms with van der Waals surface area (Å²) in [5.41, 5.74) is 1.87. The molecule has 2 aromatic rings. The van der Waals surface area contributed by atoms with E-state index < -0.39 is 17.6 Å². The Hall–Kier alpha value is -2.35. The highest BCUT2D eigenvalue weighted by Gasteiger charge is 2.30. The number of hydrazone groups is 1. The third kappa shape index (κ3) is 7.53. The second-order valence-corrected chi connectivity index (χ2v) is 7.28. The van der Waals surface area contributed by atoms with Crippen molar-refractivity contribution in [2.75, 3.05) is 6.61 Å². The number of carbonyl (C=O) groups is 1. The van der Waals surface area contributed by atoms with Crippen LogP contribution >= 0.6 is 15.9 Å². The van der Waals surface area contributed by atoms with Crippen molar-refractivity contribution >= 4 is 28.1 Å². The van der Waals surface area contributed by atoms with Gasteiger partial charge in [-0.3, -0.25) is 4.79 Å². The average Bonchev–Trinajstić information content (AvgIpc) is 2.68. The Kier molecular flexibility index (Phi) is 8.70. The van der Waals surface area contributed by atoms with Gasteiger partial charge in [0, 0.05) is 15.6 Å². The van der Waals surface area contributed by atoms with Gasteiger partial charge >= 0.3 is 6.18 Å². The van der Waals surface area contributed by atoms with Gasteiger partial charge in [0.15, 0.2) is 0 Å². The number of halogens is 4. The standard InChI is InChI=1S/C21H22BrF3N2O2/c1-2-3-4-5-11-29-19-10-9-18(22)13-16(19)14-26-27-20(28)15-7-6-8-17(12-15)21(23,24)25/h6-10,12-14H,2-5,11H2,1H3,(H,27,28). The van der Waals surface area contributed by atoms with Gasteiger partial charge in [-0.15, -0.1) is 0 Å². The van der Waals surface area contributed by atoms with Gasteiger partial charge in [0.25, 0.3) is 5.91 Å². The predicted molar refractivity (Wildman–Crippen MR) is 110 cm³/mol. The second kappa shape index (κ2) is 11.0. The highest BCUT2D eigenvalue weighted by Crippen LogP contribution is 2.29. The molecule has 0 aromatic heterocycles. The maximum Gasteiger partial charge on any atom is 0.416 e. The molecule has 0 aliphatic carbocycles. The first kappa shape index (κ1) is 22.9. The highest BCUT2D eigenvalue weighted by atomic mass is 79.9. The SMILES string of the molecule is CCCCCCOc1ccc(Br)cc1C=NNC(=O)c1cccc(C(F)(F)F)c1. The van der Waals surface area contributed by atoms with Crippen LogP contribution in [0.2, 0.25) is 0 Å². The molecule has 0 saturated carbocycles. The van der Waals surface area contributed by atoms with E-state index >= 15 is 0 Å². The summed E-state index contributed by atoms with van der Waals surface area (Å²) in [6.45, 7) is 2.71. The van der Waals surface area contributed by atoms with Gasteiger partial charge in [-0.1, -0.05) is 48.2 Å². The Bertz CT molecular complexity index is 854. The largest absolute Gasteiger partial charge is 0.493 e. The van der Waals surface area contributed by atoms with Gasteiger partial charge in [0.2, 0.25) is 0 Å². The third-order valence-electron chi connectivity index (χ3n) is 4.05. The van der Waals surface area contributed by atoms with Crippen molar-refractivity contribution in [2.45, 2.75) is 38.8 Å². The predicted octanol–water partition coefficient (Wildman–Crippen LogP) is 6.19. The minimum absolute atomic E-state index is 0.126. The molecule has 1 N–H and O–H groups in total. The molecule has 156 valence electrons. The molecular formula is C21H22BrF3N2O2. The zero-order valence-corrected chi connectivity index (χ0v) is 17.5. The lowest BCUT2D eigenvalue weighted by atomic mass is 10.1. The summed E-state index contributed by atoms with van der Waals surface area (Å²) in [7, 11) is 0. The van der Waals surface area contributed by atoms with Gasteiger partial charge in [0.1, 0.15) is 5.75 Å². The summed E-state index contributed by atoms with van der Waals surface area (Å²) in [4.78, 5) is 12.1. The number of carbonyl (C=O) groups excluding carboxylic acids is 1. The summed E-state index contributed by atoms with van der Waals surface area (Å²) < 4.78 is 44.9. The minimum atomic E-state index is -4.51. The number of nitrogens with one attached hydrogen (secondary N) is 1. The summed E-state index contributed by atoms with van der Waals surface area (Å²) >= 11 is 3.37. The summed E-state index contributed by atoms with van der Waals surface area (Å²) in [5.74, 6) is -0.119. The number of nitrogens with zero attached hydrogens (tertiary/aromatic N) is 1. The molecule has 0 radical (unpaired) electrons. The Morgan fingerprint density at radius 2 is 1.97 bits per heavy atom. The normalized spacial score (nSPS) is 11.6. The van der Waals surface area contributed by atoms with Gasteiger partial charge < -0.3 is 4.74 Å². The monoisotopic (exact) mass is 470 g/mol. The highest BCUT2D eigenvalue weighted by molar-refractivity contribution is 9.10. The Morgan fingerprint density at radius 1 is 1.17 bits per heavy atom. The van der Waals surface area contributed by atoms with E-state index in [0.29, 0.717) is 17.9 Å². The molecule has 0 spiro atoms. The van der Waals surface area contributed by atoms with Crippen molar-refractivity contribution in [3.8, 4) is 5.75 Å². The average molecular weight is 471 g/mol. The van der Waals surface area contributed by atoms with Crippen LogP contribution in [0.1, 0.15) is 54.1 Å². The molecule has 0 atom stereocenters. The lowest BCUT2D eigenvalue weighted by Gasteiger charge is -2.10. The number of hydrogen-bond donors (Lipinski definition) is 1. The van der Waals surface area contributed by atoms with E-state index in [0.717, 1.165) is 42.3 Å². The number of hydrogen-bond acceptors (Lipinski definition) is 3. The first-order valence-corrected chi connectivity index (χ1v) is 10.0. The van der Waals surface area contributed by atoms with E-state index in [4.69, 9.17) is 4.74 Å². The summed E-state index contributed by atoms with van der Waals surface area (Å²) in [5, 5.41) is 3.86. The van der Waals surface area contributed by atoms with Crippen molar-refractivity contribution in [3.05, 3.63) is 63.6 Å². The first-order valence-electron chi connectivity index (χ1n) is 9.24. The lowest BCUT2D eigenvalue weighted by molar-refractivity contribution is -0.137. The number of benzene rings is 2. The number of alkyl halides is 3.